The summed E-state index contributed by atoms with van der Waals surface area (Å²) in [4.78, 5) is 8.65. The molecule has 0 fully saturated rings. The first-order valence-corrected chi connectivity index (χ1v) is 6.01. The van der Waals surface area contributed by atoms with Crippen molar-refractivity contribution in [3.8, 4) is 11.3 Å². The maximum atomic E-state index is 13.8. The standard InChI is InChI=1S/C14H16FN3/c1-3-6-12-17-13(9(2)14(16)18-12)10-7-4-5-8-11(10)15/h4-5,7-8H,3,6H2,1-2H3,(H2,16,17,18). The molecule has 1 aromatic heterocycles. The average molecular weight is 245 g/mol. The quantitative estimate of drug-likeness (QED) is 0.903. The van der Waals surface area contributed by atoms with E-state index in [9.17, 15) is 4.39 Å². The van der Waals surface area contributed by atoms with Gasteiger partial charge in [-0.05, 0) is 25.5 Å². The minimum absolute atomic E-state index is 0.291. The van der Waals surface area contributed by atoms with E-state index in [0.29, 0.717) is 22.9 Å². The third-order valence-corrected chi connectivity index (χ3v) is 2.83. The second kappa shape index (κ2) is 5.12. The summed E-state index contributed by atoms with van der Waals surface area (Å²) >= 11 is 0. The molecule has 2 aromatic rings. The molecule has 0 spiro atoms. The smallest absolute Gasteiger partial charge is 0.132 e. The molecular weight excluding hydrogens is 229 g/mol. The predicted molar refractivity (Wildman–Crippen MR) is 70.6 cm³/mol. The van der Waals surface area contributed by atoms with Gasteiger partial charge in [-0.25, -0.2) is 14.4 Å². The predicted octanol–water partition coefficient (Wildman–Crippen LogP) is 3.13. The fraction of sp³-hybridized carbons (Fsp3) is 0.286. The van der Waals surface area contributed by atoms with Crippen LogP contribution in [0.3, 0.4) is 0 Å². The molecule has 0 saturated heterocycles. The van der Waals surface area contributed by atoms with Gasteiger partial charge < -0.3 is 5.73 Å². The Morgan fingerprint density at radius 2 is 1.94 bits per heavy atom. The maximum absolute atomic E-state index is 13.8. The molecular formula is C14H16FN3. The number of nitrogen functional groups attached to an aromatic ring is 1. The third-order valence-electron chi connectivity index (χ3n) is 2.83. The minimum Gasteiger partial charge on any atom is -0.383 e. The first kappa shape index (κ1) is 12.5. The molecule has 3 nitrogen and oxygen atoms in total. The SMILES string of the molecule is CCCc1nc(N)c(C)c(-c2ccccc2F)n1. The number of rotatable bonds is 3. The Balaban J connectivity index is 2.59. The highest BCUT2D eigenvalue weighted by Crippen LogP contribution is 2.26. The number of aryl methyl sites for hydroxylation is 1. The van der Waals surface area contributed by atoms with Crippen LogP contribution in [0.4, 0.5) is 10.2 Å². The fourth-order valence-electron chi connectivity index (χ4n) is 1.83. The molecule has 4 heteroatoms. The van der Waals surface area contributed by atoms with Crippen LogP contribution in [-0.2, 0) is 6.42 Å². The Kier molecular flexibility index (Phi) is 3.55. The van der Waals surface area contributed by atoms with Gasteiger partial charge in [0.2, 0.25) is 0 Å². The monoisotopic (exact) mass is 245 g/mol. The van der Waals surface area contributed by atoms with Crippen molar-refractivity contribution >= 4 is 5.82 Å². The van der Waals surface area contributed by atoms with Gasteiger partial charge in [-0.15, -0.1) is 0 Å². The van der Waals surface area contributed by atoms with Crippen molar-refractivity contribution in [1.82, 2.24) is 9.97 Å². The topological polar surface area (TPSA) is 51.8 Å². The lowest BCUT2D eigenvalue weighted by Gasteiger charge is -2.10. The highest BCUT2D eigenvalue weighted by Gasteiger charge is 2.13. The fourth-order valence-corrected chi connectivity index (χ4v) is 1.83. The van der Waals surface area contributed by atoms with E-state index in [1.807, 2.05) is 13.8 Å². The molecule has 2 rings (SSSR count). The van der Waals surface area contributed by atoms with E-state index in [4.69, 9.17) is 5.73 Å². The summed E-state index contributed by atoms with van der Waals surface area (Å²) in [6.45, 7) is 3.86. The molecule has 2 N–H and O–H groups in total. The number of hydrogen-bond donors (Lipinski definition) is 1. The molecule has 18 heavy (non-hydrogen) atoms. The van der Waals surface area contributed by atoms with Crippen molar-refractivity contribution in [3.05, 3.63) is 41.5 Å². The largest absolute Gasteiger partial charge is 0.383 e. The minimum atomic E-state index is -0.291. The van der Waals surface area contributed by atoms with Crippen molar-refractivity contribution in [2.24, 2.45) is 0 Å². The lowest BCUT2D eigenvalue weighted by Crippen LogP contribution is -2.05. The second-order valence-corrected chi connectivity index (χ2v) is 4.23. The van der Waals surface area contributed by atoms with E-state index >= 15 is 0 Å². The molecule has 1 heterocycles. The van der Waals surface area contributed by atoms with E-state index in [1.165, 1.54) is 6.07 Å². The molecule has 0 aliphatic rings. The summed E-state index contributed by atoms with van der Waals surface area (Å²) in [6.07, 6.45) is 1.67. The summed E-state index contributed by atoms with van der Waals surface area (Å²) < 4.78 is 13.8. The zero-order valence-corrected chi connectivity index (χ0v) is 10.6. The first-order chi connectivity index (χ1) is 8.63. The van der Waals surface area contributed by atoms with Gasteiger partial charge in [-0.2, -0.15) is 0 Å². The van der Waals surface area contributed by atoms with Crippen molar-refractivity contribution < 1.29 is 4.39 Å². The Morgan fingerprint density at radius 3 is 2.61 bits per heavy atom. The maximum Gasteiger partial charge on any atom is 0.132 e. The Morgan fingerprint density at radius 1 is 1.22 bits per heavy atom. The zero-order chi connectivity index (χ0) is 13.1. The summed E-state index contributed by atoms with van der Waals surface area (Å²) in [5.41, 5.74) is 7.65. The number of aromatic nitrogens is 2. The van der Waals surface area contributed by atoms with Crippen LogP contribution >= 0.6 is 0 Å². The second-order valence-electron chi connectivity index (χ2n) is 4.23. The van der Waals surface area contributed by atoms with Gasteiger partial charge in [0.05, 0.1) is 5.69 Å². The highest BCUT2D eigenvalue weighted by molar-refractivity contribution is 5.67. The molecule has 0 aliphatic carbocycles. The van der Waals surface area contributed by atoms with E-state index in [0.717, 1.165) is 18.4 Å². The van der Waals surface area contributed by atoms with Crippen molar-refractivity contribution in [2.75, 3.05) is 5.73 Å². The van der Waals surface area contributed by atoms with Gasteiger partial charge in [0.25, 0.3) is 0 Å². The van der Waals surface area contributed by atoms with Gasteiger partial charge in [-0.3, -0.25) is 0 Å². The van der Waals surface area contributed by atoms with Crippen LogP contribution in [0.15, 0.2) is 24.3 Å². The Bertz CT molecular complexity index is 567. The third kappa shape index (κ3) is 2.32. The van der Waals surface area contributed by atoms with Gasteiger partial charge in [0, 0.05) is 17.5 Å². The van der Waals surface area contributed by atoms with Crippen LogP contribution in [0.1, 0.15) is 24.7 Å². The molecule has 0 saturated carbocycles. The normalized spacial score (nSPS) is 10.6. The lowest BCUT2D eigenvalue weighted by atomic mass is 10.1. The molecule has 94 valence electrons. The lowest BCUT2D eigenvalue weighted by molar-refractivity contribution is 0.630. The number of halogens is 1. The van der Waals surface area contributed by atoms with Crippen molar-refractivity contribution in [1.29, 1.82) is 0 Å². The van der Waals surface area contributed by atoms with Gasteiger partial charge in [0.1, 0.15) is 17.5 Å². The number of nitrogens with zero attached hydrogens (tertiary/aromatic N) is 2. The number of benzene rings is 1. The molecule has 0 atom stereocenters. The van der Waals surface area contributed by atoms with Crippen LogP contribution in [0, 0.1) is 12.7 Å². The first-order valence-electron chi connectivity index (χ1n) is 6.01. The number of hydrogen-bond acceptors (Lipinski definition) is 3. The highest BCUT2D eigenvalue weighted by atomic mass is 19.1. The molecule has 0 amide bonds. The van der Waals surface area contributed by atoms with Gasteiger partial charge >= 0.3 is 0 Å². The van der Waals surface area contributed by atoms with Crippen molar-refractivity contribution in [3.63, 3.8) is 0 Å². The summed E-state index contributed by atoms with van der Waals surface area (Å²) in [7, 11) is 0. The van der Waals surface area contributed by atoms with E-state index in [1.54, 1.807) is 18.2 Å². The van der Waals surface area contributed by atoms with E-state index < -0.39 is 0 Å². The zero-order valence-electron chi connectivity index (χ0n) is 10.6. The summed E-state index contributed by atoms with van der Waals surface area (Å²) in [5, 5.41) is 0. The van der Waals surface area contributed by atoms with Crippen molar-refractivity contribution in [2.45, 2.75) is 26.7 Å². The molecule has 1 aromatic carbocycles. The van der Waals surface area contributed by atoms with Crippen LogP contribution < -0.4 is 5.73 Å². The van der Waals surface area contributed by atoms with E-state index in [2.05, 4.69) is 9.97 Å². The summed E-state index contributed by atoms with van der Waals surface area (Å²) in [5.74, 6) is 0.798. The molecule has 0 aliphatic heterocycles. The number of nitrogens with two attached hydrogens (primary N) is 1. The van der Waals surface area contributed by atoms with E-state index in [-0.39, 0.29) is 5.82 Å². The number of anilines is 1. The Hall–Kier alpha value is -1.97. The van der Waals surface area contributed by atoms with Crippen LogP contribution in [0.2, 0.25) is 0 Å². The van der Waals surface area contributed by atoms with Crippen LogP contribution in [-0.4, -0.2) is 9.97 Å². The van der Waals surface area contributed by atoms with Crippen LogP contribution in [0.25, 0.3) is 11.3 Å². The average Bonchev–Trinajstić information content (AvgIpc) is 2.35. The van der Waals surface area contributed by atoms with Gasteiger partial charge in [0.15, 0.2) is 0 Å². The Labute approximate surface area is 106 Å². The molecule has 0 unspecified atom stereocenters. The van der Waals surface area contributed by atoms with Gasteiger partial charge in [-0.1, -0.05) is 19.1 Å². The van der Waals surface area contributed by atoms with Crippen LogP contribution in [0.5, 0.6) is 0 Å². The molecule has 0 radical (unpaired) electrons. The molecule has 0 bridgehead atoms. The summed E-state index contributed by atoms with van der Waals surface area (Å²) in [6, 6.07) is 6.58.